The number of aliphatic hydroxyl groups is 1. The number of fused-ring (bicyclic) bond motifs is 5. The van der Waals surface area contributed by atoms with Crippen molar-refractivity contribution < 1.29 is 24.2 Å². The van der Waals surface area contributed by atoms with Gasteiger partial charge in [0.05, 0.1) is 72.4 Å². The van der Waals surface area contributed by atoms with E-state index in [0.717, 1.165) is 113 Å². The maximum Gasteiger partial charge on any atom is 0.310 e. The number of unbranched alkanes of at least 4 members (excludes halogenated alkanes) is 4. The van der Waals surface area contributed by atoms with E-state index in [4.69, 9.17) is 24.5 Å². The van der Waals surface area contributed by atoms with Crippen molar-refractivity contribution in [2.24, 2.45) is 20.4 Å². The molecule has 0 aliphatic carbocycles. The lowest BCUT2D eigenvalue weighted by atomic mass is 9.82. The Hall–Kier alpha value is -4.53. The predicted octanol–water partition coefficient (Wildman–Crippen LogP) is 8.51. The first-order valence-corrected chi connectivity index (χ1v) is 17.5. The zero-order valence-electron chi connectivity index (χ0n) is 30.3. The van der Waals surface area contributed by atoms with Gasteiger partial charge in [0.1, 0.15) is 5.76 Å². The summed E-state index contributed by atoms with van der Waals surface area (Å²) in [5.41, 5.74) is 10.6. The van der Waals surface area contributed by atoms with Crippen LogP contribution in [0.4, 0.5) is 0 Å². The van der Waals surface area contributed by atoms with Gasteiger partial charge in [-0.15, -0.1) is 0 Å². The molecule has 0 radical (unpaired) electrons. The van der Waals surface area contributed by atoms with Gasteiger partial charge in [0, 0.05) is 5.70 Å². The van der Waals surface area contributed by atoms with Crippen LogP contribution in [-0.2, 0) is 19.1 Å². The van der Waals surface area contributed by atoms with Crippen LogP contribution in [0, 0.1) is 5.41 Å². The lowest BCUT2D eigenvalue weighted by Crippen LogP contribution is -2.27. The summed E-state index contributed by atoms with van der Waals surface area (Å²) in [6.07, 6.45) is 15.9. The first-order chi connectivity index (χ1) is 23.4. The molecule has 0 amide bonds. The molecule has 49 heavy (non-hydrogen) atoms. The number of ether oxygens (including phenoxy) is 2. The zero-order chi connectivity index (χ0) is 35.5. The number of allylic oxidation sites excluding steroid dienone is 10. The van der Waals surface area contributed by atoms with Gasteiger partial charge in [0.15, 0.2) is 0 Å². The van der Waals surface area contributed by atoms with Gasteiger partial charge in [-0.2, -0.15) is 0 Å². The molecule has 0 saturated carbocycles. The van der Waals surface area contributed by atoms with Crippen LogP contribution in [0.5, 0.6) is 0 Å². The fraction of sp³-hybridized carbons (Fsp3) is 0.475. The van der Waals surface area contributed by atoms with Crippen molar-refractivity contribution in [2.45, 2.75) is 106 Å². The Morgan fingerprint density at radius 1 is 0.714 bits per heavy atom. The van der Waals surface area contributed by atoms with E-state index in [0.29, 0.717) is 17.1 Å². The summed E-state index contributed by atoms with van der Waals surface area (Å²) in [4.78, 5) is 40.7. The average molecular weight is 667 g/mol. The number of aliphatic imine (C=N–C) groups is 3. The number of nitrogens with zero attached hydrogens (tertiary/aromatic N) is 3. The molecule has 5 rings (SSSR count). The number of carbonyl (C=O) groups excluding carboxylic acids is 2. The Balaban J connectivity index is 1.77. The molecule has 5 aliphatic rings. The van der Waals surface area contributed by atoms with Crippen LogP contribution < -0.4 is 5.32 Å². The van der Waals surface area contributed by atoms with E-state index in [1.165, 1.54) is 14.2 Å². The van der Waals surface area contributed by atoms with Crippen LogP contribution in [0.1, 0.15) is 106 Å². The summed E-state index contributed by atoms with van der Waals surface area (Å²) in [5.74, 6) is -0.706. The summed E-state index contributed by atoms with van der Waals surface area (Å²) in [7, 11) is 2.76. The lowest BCUT2D eigenvalue weighted by molar-refractivity contribution is -0.142. The standard InChI is InChI=1S/C40H50N4O5/c1-9-11-13-15-26-23(3)29-19-34-28(17-37(45)48-7)25(5)30(42-34)18-32-27(16-14-12-10-2)24(4)31(43-32)21-36-40(6,22-38(46)49-8)39(47)35(44-36)20-33(26)41-29/h18-21,44,47H,9-17,22H2,1-8H3. The van der Waals surface area contributed by atoms with E-state index < -0.39 is 11.4 Å². The number of methoxy groups -OCH3 is 2. The summed E-state index contributed by atoms with van der Waals surface area (Å²) in [6, 6.07) is 0. The van der Waals surface area contributed by atoms with E-state index in [1.54, 1.807) is 0 Å². The number of rotatable bonds is 12. The van der Waals surface area contributed by atoms with Crippen molar-refractivity contribution in [3.63, 3.8) is 0 Å². The van der Waals surface area contributed by atoms with Gasteiger partial charge in [-0.1, -0.05) is 39.5 Å². The Kier molecular flexibility index (Phi) is 10.9. The van der Waals surface area contributed by atoms with Crippen LogP contribution >= 0.6 is 0 Å². The number of hydrogen-bond donors (Lipinski definition) is 2. The molecule has 1 atom stereocenters. The van der Waals surface area contributed by atoms with Crippen molar-refractivity contribution >= 4 is 29.1 Å². The summed E-state index contributed by atoms with van der Waals surface area (Å²) in [6.45, 7) is 12.4. The van der Waals surface area contributed by atoms with Crippen LogP contribution in [0.3, 0.4) is 0 Å². The summed E-state index contributed by atoms with van der Waals surface area (Å²) >= 11 is 0. The van der Waals surface area contributed by atoms with E-state index >= 15 is 0 Å². The van der Waals surface area contributed by atoms with Crippen molar-refractivity contribution in [3.05, 3.63) is 92.0 Å². The summed E-state index contributed by atoms with van der Waals surface area (Å²) < 4.78 is 10.2. The predicted molar refractivity (Wildman–Crippen MR) is 195 cm³/mol. The van der Waals surface area contributed by atoms with E-state index in [1.807, 2.05) is 38.2 Å². The molecule has 0 aromatic heterocycles. The highest BCUT2D eigenvalue weighted by atomic mass is 16.5. The lowest BCUT2D eigenvalue weighted by Gasteiger charge is -2.24. The fourth-order valence-corrected chi connectivity index (χ4v) is 6.98. The molecule has 5 heterocycles. The normalized spacial score (nSPS) is 21.7. The molecule has 8 bridgehead atoms. The van der Waals surface area contributed by atoms with Crippen molar-refractivity contribution in [3.8, 4) is 0 Å². The minimum atomic E-state index is -1.06. The fourth-order valence-electron chi connectivity index (χ4n) is 6.98. The smallest absolute Gasteiger partial charge is 0.310 e. The third-order valence-corrected chi connectivity index (χ3v) is 10.2. The van der Waals surface area contributed by atoms with Gasteiger partial charge in [0.25, 0.3) is 0 Å². The highest BCUT2D eigenvalue weighted by molar-refractivity contribution is 6.18. The Morgan fingerprint density at radius 3 is 1.69 bits per heavy atom. The van der Waals surface area contributed by atoms with Gasteiger partial charge in [0.2, 0.25) is 0 Å². The second-order valence-corrected chi connectivity index (χ2v) is 13.6. The maximum atomic E-state index is 12.7. The van der Waals surface area contributed by atoms with E-state index in [2.05, 4.69) is 33.0 Å². The highest BCUT2D eigenvalue weighted by Crippen LogP contribution is 2.45. The van der Waals surface area contributed by atoms with Gasteiger partial charge in [-0.3, -0.25) is 9.59 Å². The molecule has 9 heteroatoms. The Bertz CT molecular complexity index is 1800. The van der Waals surface area contributed by atoms with Crippen molar-refractivity contribution in [1.82, 2.24) is 5.32 Å². The largest absolute Gasteiger partial charge is 0.509 e. The molecule has 260 valence electrons. The topological polar surface area (TPSA) is 122 Å². The monoisotopic (exact) mass is 666 g/mol. The number of hydrogen-bond acceptors (Lipinski definition) is 9. The Morgan fingerprint density at radius 2 is 1.18 bits per heavy atom. The Labute approximate surface area is 290 Å². The van der Waals surface area contributed by atoms with Crippen LogP contribution in [0.15, 0.2) is 107 Å². The first-order valence-electron chi connectivity index (χ1n) is 17.5. The minimum absolute atomic E-state index is 0.0501. The highest BCUT2D eigenvalue weighted by Gasteiger charge is 2.44. The molecular formula is C40H50N4O5. The second-order valence-electron chi connectivity index (χ2n) is 13.6. The van der Waals surface area contributed by atoms with Gasteiger partial charge in [-0.05, 0) is 111 Å². The van der Waals surface area contributed by atoms with Crippen LogP contribution in [0.25, 0.3) is 0 Å². The number of esters is 2. The number of aliphatic hydroxyl groups excluding tert-OH is 1. The van der Waals surface area contributed by atoms with Gasteiger partial charge in [-0.25, -0.2) is 15.0 Å². The molecule has 0 aromatic rings. The number of carbonyl (C=O) groups is 2. The molecule has 1 unspecified atom stereocenters. The SMILES string of the molecule is CCCCCC1=C(C)C2=NC1=CC1=C(O)C(C)(CC(=O)OC)C(=CC3=NC(=CC4=NC(=C2)C(CC(=O)OC)=C4C)C(CCCCC)=C3C)N1. The molecule has 0 saturated heterocycles. The summed E-state index contributed by atoms with van der Waals surface area (Å²) in [5, 5.41) is 15.3. The van der Waals surface area contributed by atoms with E-state index in [-0.39, 0.29) is 24.6 Å². The quantitative estimate of drug-likeness (QED) is 0.159. The first kappa shape index (κ1) is 35.8. The van der Waals surface area contributed by atoms with Gasteiger partial charge >= 0.3 is 11.9 Å². The van der Waals surface area contributed by atoms with E-state index in [9.17, 15) is 14.7 Å². The maximum absolute atomic E-state index is 12.7. The third kappa shape index (κ3) is 7.12. The van der Waals surface area contributed by atoms with Gasteiger partial charge < -0.3 is 19.9 Å². The number of nitrogens with one attached hydrogen (secondary N) is 1. The molecule has 0 aromatic carbocycles. The van der Waals surface area contributed by atoms with Crippen molar-refractivity contribution in [1.29, 1.82) is 0 Å². The second kappa shape index (κ2) is 14.9. The molecule has 0 spiro atoms. The van der Waals surface area contributed by atoms with Crippen LogP contribution in [-0.4, -0.2) is 48.4 Å². The molecule has 2 N–H and O–H groups in total. The average Bonchev–Trinajstić information content (AvgIpc) is 3.71. The molecule has 5 aliphatic heterocycles. The third-order valence-electron chi connectivity index (χ3n) is 10.2. The minimum Gasteiger partial charge on any atom is -0.509 e. The van der Waals surface area contributed by atoms with Crippen LogP contribution in [0.2, 0.25) is 0 Å². The molecular weight excluding hydrogens is 616 g/mol. The van der Waals surface area contributed by atoms with Crippen molar-refractivity contribution in [2.75, 3.05) is 14.2 Å². The molecule has 9 nitrogen and oxygen atoms in total. The molecule has 0 fully saturated rings. The zero-order valence-corrected chi connectivity index (χ0v) is 30.3.